The topological polar surface area (TPSA) is 40.5 Å². The van der Waals surface area contributed by atoms with Crippen molar-refractivity contribution in [2.24, 2.45) is 0 Å². The summed E-state index contributed by atoms with van der Waals surface area (Å²) in [7, 11) is 0. The van der Waals surface area contributed by atoms with E-state index in [0.29, 0.717) is 12.8 Å². The molecule has 2 atom stereocenters. The minimum Gasteiger partial charge on any atom is -0.388 e. The molecule has 3 aromatic carbocycles. The Balaban J connectivity index is 1.66. The van der Waals surface area contributed by atoms with Crippen LogP contribution in [0.3, 0.4) is 0 Å². The molecule has 0 amide bonds. The summed E-state index contributed by atoms with van der Waals surface area (Å²) in [4.78, 5) is 0. The van der Waals surface area contributed by atoms with Gasteiger partial charge in [0.05, 0.1) is 12.2 Å². The summed E-state index contributed by atoms with van der Waals surface area (Å²) in [5, 5.41) is 20.8. The standard InChI is InChI=1S/C26H26O2/c27-25-6-1-2-7-26(28)24-14-10-20(11-15-24)17-22-5-3-4-21(18-22)16-19-8-12-23(25)13-9-19/h1-5,8-15,18,25-28H,6-7,16-17H2/b2-1+. The number of hydrogen-bond donors (Lipinski definition) is 2. The van der Waals surface area contributed by atoms with Crippen LogP contribution in [-0.4, -0.2) is 10.2 Å². The van der Waals surface area contributed by atoms with Crippen molar-refractivity contribution in [3.8, 4) is 0 Å². The van der Waals surface area contributed by atoms with Crippen LogP contribution in [0.5, 0.6) is 0 Å². The molecular formula is C26H26O2. The molecule has 0 saturated heterocycles. The van der Waals surface area contributed by atoms with Crippen molar-refractivity contribution < 1.29 is 10.2 Å². The molecule has 4 aliphatic rings. The van der Waals surface area contributed by atoms with E-state index in [0.717, 1.165) is 24.0 Å². The summed E-state index contributed by atoms with van der Waals surface area (Å²) in [6.07, 6.45) is 5.73. The Morgan fingerprint density at radius 2 is 0.964 bits per heavy atom. The van der Waals surface area contributed by atoms with Crippen LogP contribution < -0.4 is 0 Å². The monoisotopic (exact) mass is 370 g/mol. The second-order valence-corrected chi connectivity index (χ2v) is 7.63. The first-order valence-electron chi connectivity index (χ1n) is 9.94. The van der Waals surface area contributed by atoms with Crippen LogP contribution in [-0.2, 0) is 12.8 Å². The Kier molecular flexibility index (Phi) is 5.70. The predicted octanol–water partition coefficient (Wildman–Crippen LogP) is 5.29. The number of benzene rings is 3. The van der Waals surface area contributed by atoms with Crippen LogP contribution in [0.1, 0.15) is 58.4 Å². The van der Waals surface area contributed by atoms with E-state index < -0.39 is 12.2 Å². The molecule has 2 N–H and O–H groups in total. The molecule has 0 aliphatic heterocycles. The smallest absolute Gasteiger partial charge is 0.0824 e. The largest absolute Gasteiger partial charge is 0.388 e. The molecule has 6 bridgehead atoms. The summed E-state index contributed by atoms with van der Waals surface area (Å²) in [6.45, 7) is 0. The van der Waals surface area contributed by atoms with Crippen molar-refractivity contribution in [1.82, 2.24) is 0 Å². The predicted molar refractivity (Wildman–Crippen MR) is 113 cm³/mol. The van der Waals surface area contributed by atoms with Gasteiger partial charge in [-0.1, -0.05) is 84.9 Å². The van der Waals surface area contributed by atoms with E-state index in [2.05, 4.69) is 48.5 Å². The molecule has 2 unspecified atom stereocenters. The van der Waals surface area contributed by atoms with Crippen LogP contribution in [0, 0.1) is 0 Å². The van der Waals surface area contributed by atoms with Gasteiger partial charge in [-0.15, -0.1) is 0 Å². The third-order valence-corrected chi connectivity index (χ3v) is 5.42. The van der Waals surface area contributed by atoms with E-state index in [-0.39, 0.29) is 0 Å². The Labute approximate surface area is 166 Å². The third-order valence-electron chi connectivity index (χ3n) is 5.42. The fraction of sp³-hybridized carbons (Fsp3) is 0.231. The van der Waals surface area contributed by atoms with Gasteiger partial charge in [0, 0.05) is 0 Å². The third kappa shape index (κ3) is 4.59. The van der Waals surface area contributed by atoms with Crippen molar-refractivity contribution in [1.29, 1.82) is 0 Å². The lowest BCUT2D eigenvalue weighted by Crippen LogP contribution is -1.97. The second kappa shape index (κ2) is 8.55. The summed E-state index contributed by atoms with van der Waals surface area (Å²) >= 11 is 0. The highest BCUT2D eigenvalue weighted by Gasteiger charge is 2.09. The van der Waals surface area contributed by atoms with Crippen LogP contribution in [0.25, 0.3) is 0 Å². The summed E-state index contributed by atoms with van der Waals surface area (Å²) < 4.78 is 0. The molecule has 142 valence electrons. The average molecular weight is 370 g/mol. The van der Waals surface area contributed by atoms with Gasteiger partial charge in [0.25, 0.3) is 0 Å². The van der Waals surface area contributed by atoms with E-state index in [4.69, 9.17) is 0 Å². The van der Waals surface area contributed by atoms with Crippen molar-refractivity contribution in [2.45, 2.75) is 37.9 Å². The van der Waals surface area contributed by atoms with E-state index in [1.165, 1.54) is 22.3 Å². The van der Waals surface area contributed by atoms with Gasteiger partial charge in [0.2, 0.25) is 0 Å². The molecule has 4 aliphatic carbocycles. The minimum atomic E-state index is -0.521. The molecule has 0 spiro atoms. The van der Waals surface area contributed by atoms with E-state index >= 15 is 0 Å². The zero-order valence-electron chi connectivity index (χ0n) is 16.0. The van der Waals surface area contributed by atoms with Gasteiger partial charge < -0.3 is 10.2 Å². The maximum atomic E-state index is 10.4. The quantitative estimate of drug-likeness (QED) is 0.528. The lowest BCUT2D eigenvalue weighted by Gasteiger charge is -2.10. The van der Waals surface area contributed by atoms with Crippen molar-refractivity contribution in [3.05, 3.63) is 118 Å². The maximum absolute atomic E-state index is 10.4. The highest BCUT2D eigenvalue weighted by molar-refractivity contribution is 5.35. The number of aliphatic hydroxyl groups excluding tert-OH is 2. The van der Waals surface area contributed by atoms with Gasteiger partial charge >= 0.3 is 0 Å². The van der Waals surface area contributed by atoms with Crippen molar-refractivity contribution >= 4 is 0 Å². The average Bonchev–Trinajstić information content (AvgIpc) is 2.72. The van der Waals surface area contributed by atoms with Gasteiger partial charge in [-0.3, -0.25) is 0 Å². The molecule has 3 aromatic rings. The highest BCUT2D eigenvalue weighted by Crippen LogP contribution is 2.23. The molecule has 0 radical (unpaired) electrons. The Bertz CT molecular complexity index is 864. The SMILES string of the molecule is OC1C/C=C/CC(O)c2ccc(cc2)Cc2cccc(c2)Cc2ccc1cc2. The first kappa shape index (κ1) is 18.7. The van der Waals surface area contributed by atoms with Gasteiger partial charge in [0.15, 0.2) is 0 Å². The van der Waals surface area contributed by atoms with Crippen LogP contribution in [0.15, 0.2) is 84.9 Å². The second-order valence-electron chi connectivity index (χ2n) is 7.63. The molecule has 0 fully saturated rings. The van der Waals surface area contributed by atoms with E-state index in [9.17, 15) is 10.2 Å². The lowest BCUT2D eigenvalue weighted by molar-refractivity contribution is 0.177. The van der Waals surface area contributed by atoms with E-state index in [1.807, 2.05) is 36.4 Å². The van der Waals surface area contributed by atoms with Crippen LogP contribution in [0.2, 0.25) is 0 Å². The highest BCUT2D eigenvalue weighted by atomic mass is 16.3. The Morgan fingerprint density at radius 1 is 0.536 bits per heavy atom. The van der Waals surface area contributed by atoms with Crippen LogP contribution >= 0.6 is 0 Å². The molecule has 0 heterocycles. The number of rotatable bonds is 0. The van der Waals surface area contributed by atoms with Crippen molar-refractivity contribution in [2.75, 3.05) is 0 Å². The van der Waals surface area contributed by atoms with Crippen LogP contribution in [0.4, 0.5) is 0 Å². The van der Waals surface area contributed by atoms with Gasteiger partial charge in [-0.2, -0.15) is 0 Å². The minimum absolute atomic E-state index is 0.521. The van der Waals surface area contributed by atoms with Gasteiger partial charge in [-0.05, 0) is 59.1 Å². The maximum Gasteiger partial charge on any atom is 0.0824 e. The molecule has 2 nitrogen and oxygen atoms in total. The molecular weight excluding hydrogens is 344 g/mol. The molecule has 7 rings (SSSR count). The Morgan fingerprint density at radius 3 is 1.39 bits per heavy atom. The number of aliphatic hydroxyl groups is 2. The molecule has 28 heavy (non-hydrogen) atoms. The fourth-order valence-electron chi connectivity index (χ4n) is 3.76. The van der Waals surface area contributed by atoms with E-state index in [1.54, 1.807) is 0 Å². The summed E-state index contributed by atoms with van der Waals surface area (Å²) in [5.74, 6) is 0. The van der Waals surface area contributed by atoms with Gasteiger partial charge in [-0.25, -0.2) is 0 Å². The van der Waals surface area contributed by atoms with Gasteiger partial charge in [0.1, 0.15) is 0 Å². The normalized spacial score (nSPS) is 20.9. The fourth-order valence-corrected chi connectivity index (χ4v) is 3.76. The number of hydrogen-bond acceptors (Lipinski definition) is 2. The first-order valence-corrected chi connectivity index (χ1v) is 9.94. The Hall–Kier alpha value is -2.68. The zero-order chi connectivity index (χ0) is 19.3. The summed E-state index contributed by atoms with van der Waals surface area (Å²) in [6, 6.07) is 25.2. The first-order chi connectivity index (χ1) is 13.7. The lowest BCUT2D eigenvalue weighted by atomic mass is 9.97. The summed E-state index contributed by atoms with van der Waals surface area (Å²) in [5.41, 5.74) is 6.92. The molecule has 2 heteroatoms. The zero-order valence-corrected chi connectivity index (χ0v) is 16.0. The molecule has 0 aromatic heterocycles. The van der Waals surface area contributed by atoms with Crippen molar-refractivity contribution in [3.63, 3.8) is 0 Å². The molecule has 0 saturated carbocycles.